The minimum atomic E-state index is -0.174. The molecule has 1 aliphatic rings. The highest BCUT2D eigenvalue weighted by Crippen LogP contribution is 2.33. The summed E-state index contributed by atoms with van der Waals surface area (Å²) >= 11 is 0. The first-order valence-corrected chi connectivity index (χ1v) is 7.81. The number of nitrogens with one attached hydrogen (secondary N) is 1. The normalized spacial score (nSPS) is 18.1. The zero-order valence-corrected chi connectivity index (χ0v) is 14.0. The van der Waals surface area contributed by atoms with Crippen LogP contribution in [0.3, 0.4) is 0 Å². The highest BCUT2D eigenvalue weighted by Gasteiger charge is 2.28. The van der Waals surface area contributed by atoms with Gasteiger partial charge in [0.25, 0.3) is 0 Å². The van der Waals surface area contributed by atoms with E-state index in [-0.39, 0.29) is 11.9 Å². The molecule has 1 heterocycles. The molecule has 1 amide bonds. The Bertz CT molecular complexity index is 607. The van der Waals surface area contributed by atoms with Gasteiger partial charge in [-0.05, 0) is 37.9 Å². The number of nitrogens with zero attached hydrogens (tertiary/aromatic N) is 1. The Morgan fingerprint density at radius 2 is 2.04 bits per heavy atom. The molecule has 23 heavy (non-hydrogen) atoms. The largest absolute Gasteiger partial charge is 0.493 e. The number of aryl methyl sites for hydroxylation is 1. The number of rotatable bonds is 5. The number of hydrogen-bond acceptors (Lipinski definition) is 4. The number of anilines is 1. The molecular formula is C18H24N2O3. The van der Waals surface area contributed by atoms with Gasteiger partial charge >= 0.3 is 0 Å². The molecule has 5 heteroatoms. The zero-order valence-electron chi connectivity index (χ0n) is 14.0. The molecule has 0 radical (unpaired) electrons. The molecule has 0 spiro atoms. The molecule has 0 saturated carbocycles. The number of ether oxygens (including phenoxy) is 2. The van der Waals surface area contributed by atoms with Crippen molar-refractivity contribution in [1.82, 2.24) is 4.90 Å². The van der Waals surface area contributed by atoms with Crippen LogP contribution in [0, 0.1) is 19.3 Å². The number of carbonyl (C=O) groups excluding carboxylic acids is 1. The fraction of sp³-hybridized carbons (Fsp3) is 0.500. The second-order valence-corrected chi connectivity index (χ2v) is 5.70. The molecule has 0 aliphatic carbocycles. The van der Waals surface area contributed by atoms with Crippen LogP contribution in [0.2, 0.25) is 0 Å². The predicted molar refractivity (Wildman–Crippen MR) is 91.0 cm³/mol. The number of terminal acetylenes is 1. The fourth-order valence-corrected chi connectivity index (χ4v) is 2.93. The van der Waals surface area contributed by atoms with Crippen molar-refractivity contribution in [2.75, 3.05) is 32.6 Å². The van der Waals surface area contributed by atoms with E-state index in [4.69, 9.17) is 15.9 Å². The Morgan fingerprint density at radius 3 is 2.70 bits per heavy atom. The van der Waals surface area contributed by atoms with E-state index in [1.807, 2.05) is 13.0 Å². The van der Waals surface area contributed by atoms with Crippen LogP contribution in [-0.4, -0.2) is 44.2 Å². The lowest BCUT2D eigenvalue weighted by Gasteiger charge is -2.33. The Balaban J connectivity index is 2.17. The molecule has 1 N–H and O–H groups in total. The minimum absolute atomic E-state index is 0.0183. The molecular weight excluding hydrogens is 292 g/mol. The SMILES string of the molecule is C#CCN1CCCC[C@@H]1C(=O)Nc1cc(OC)c(OC)cc1C. The minimum Gasteiger partial charge on any atom is -0.493 e. The molecule has 1 aromatic rings. The number of likely N-dealkylation sites (tertiary alicyclic amines) is 1. The second-order valence-electron chi connectivity index (χ2n) is 5.70. The monoisotopic (exact) mass is 316 g/mol. The van der Waals surface area contributed by atoms with Crippen molar-refractivity contribution in [1.29, 1.82) is 0 Å². The molecule has 1 saturated heterocycles. The van der Waals surface area contributed by atoms with E-state index in [1.165, 1.54) is 0 Å². The smallest absolute Gasteiger partial charge is 0.241 e. The summed E-state index contributed by atoms with van der Waals surface area (Å²) in [7, 11) is 3.17. The lowest BCUT2D eigenvalue weighted by Crippen LogP contribution is -2.47. The first-order valence-electron chi connectivity index (χ1n) is 7.81. The van der Waals surface area contributed by atoms with E-state index >= 15 is 0 Å². The summed E-state index contributed by atoms with van der Waals surface area (Å²) < 4.78 is 10.6. The van der Waals surface area contributed by atoms with Crippen molar-refractivity contribution >= 4 is 11.6 Å². The number of amides is 1. The van der Waals surface area contributed by atoms with Crippen LogP contribution in [0.5, 0.6) is 11.5 Å². The second kappa shape index (κ2) is 7.89. The average molecular weight is 316 g/mol. The van der Waals surface area contributed by atoms with Gasteiger partial charge in [0.05, 0.1) is 26.8 Å². The summed E-state index contributed by atoms with van der Waals surface area (Å²) in [6, 6.07) is 3.47. The Kier molecular flexibility index (Phi) is 5.89. The summed E-state index contributed by atoms with van der Waals surface area (Å²) in [6.45, 7) is 3.30. The van der Waals surface area contributed by atoms with Gasteiger partial charge in [-0.3, -0.25) is 9.69 Å². The lowest BCUT2D eigenvalue weighted by molar-refractivity contribution is -0.122. The number of methoxy groups -OCH3 is 2. The van der Waals surface area contributed by atoms with Crippen LogP contribution >= 0.6 is 0 Å². The van der Waals surface area contributed by atoms with Gasteiger partial charge in [-0.25, -0.2) is 0 Å². The first kappa shape index (κ1) is 17.2. The van der Waals surface area contributed by atoms with Gasteiger partial charge in [0.15, 0.2) is 11.5 Å². The summed E-state index contributed by atoms with van der Waals surface area (Å²) in [5, 5.41) is 3.01. The maximum atomic E-state index is 12.7. The van der Waals surface area contributed by atoms with Gasteiger partial charge in [0.1, 0.15) is 0 Å². The van der Waals surface area contributed by atoms with Gasteiger partial charge in [-0.15, -0.1) is 6.42 Å². The van der Waals surface area contributed by atoms with Crippen LogP contribution in [-0.2, 0) is 4.79 Å². The first-order chi connectivity index (χ1) is 11.1. The van der Waals surface area contributed by atoms with Gasteiger partial charge in [-0.2, -0.15) is 0 Å². The Morgan fingerprint density at radius 1 is 1.35 bits per heavy atom. The van der Waals surface area contributed by atoms with E-state index in [1.54, 1.807) is 20.3 Å². The lowest BCUT2D eigenvalue weighted by atomic mass is 10.0. The van der Waals surface area contributed by atoms with Crippen molar-refractivity contribution in [3.8, 4) is 23.8 Å². The molecule has 124 valence electrons. The van der Waals surface area contributed by atoms with Crippen molar-refractivity contribution in [3.63, 3.8) is 0 Å². The van der Waals surface area contributed by atoms with Crippen molar-refractivity contribution in [2.24, 2.45) is 0 Å². The van der Waals surface area contributed by atoms with Gasteiger partial charge < -0.3 is 14.8 Å². The summed E-state index contributed by atoms with van der Waals surface area (Å²) in [6.07, 6.45) is 8.38. The van der Waals surface area contributed by atoms with E-state index in [2.05, 4.69) is 16.1 Å². The van der Waals surface area contributed by atoms with Crippen LogP contribution < -0.4 is 14.8 Å². The fourth-order valence-electron chi connectivity index (χ4n) is 2.93. The van der Waals surface area contributed by atoms with E-state index in [0.29, 0.717) is 18.0 Å². The summed E-state index contributed by atoms with van der Waals surface area (Å²) in [4.78, 5) is 14.7. The van der Waals surface area contributed by atoms with Crippen LogP contribution in [0.4, 0.5) is 5.69 Å². The highest BCUT2D eigenvalue weighted by molar-refractivity contribution is 5.96. The molecule has 1 aliphatic heterocycles. The third-order valence-electron chi connectivity index (χ3n) is 4.20. The quantitative estimate of drug-likeness (QED) is 0.848. The Labute approximate surface area is 138 Å². The van der Waals surface area contributed by atoms with Crippen molar-refractivity contribution in [2.45, 2.75) is 32.2 Å². The molecule has 1 aromatic carbocycles. The van der Waals surface area contributed by atoms with E-state index < -0.39 is 0 Å². The number of carbonyl (C=O) groups is 1. The van der Waals surface area contributed by atoms with Crippen molar-refractivity contribution in [3.05, 3.63) is 17.7 Å². The van der Waals surface area contributed by atoms with Gasteiger partial charge in [-0.1, -0.05) is 12.3 Å². The van der Waals surface area contributed by atoms with Crippen LogP contribution in [0.25, 0.3) is 0 Å². The molecule has 2 rings (SSSR count). The number of piperidine rings is 1. The van der Waals surface area contributed by atoms with E-state index in [9.17, 15) is 4.79 Å². The predicted octanol–water partition coefficient (Wildman–Crippen LogP) is 2.44. The standard InChI is InChI=1S/C18H24N2O3/c1-5-9-20-10-7-6-8-15(20)18(21)19-14-12-17(23-4)16(22-3)11-13(14)2/h1,11-12,15H,6-10H2,2-4H3,(H,19,21)/t15-/m1/s1. The van der Waals surface area contributed by atoms with Crippen LogP contribution in [0.15, 0.2) is 12.1 Å². The molecule has 0 unspecified atom stereocenters. The number of hydrogen-bond donors (Lipinski definition) is 1. The summed E-state index contributed by atoms with van der Waals surface area (Å²) in [5.41, 5.74) is 1.66. The van der Waals surface area contributed by atoms with E-state index in [0.717, 1.165) is 37.1 Å². The molecule has 0 bridgehead atoms. The maximum absolute atomic E-state index is 12.7. The maximum Gasteiger partial charge on any atom is 0.241 e. The molecule has 1 fully saturated rings. The van der Waals surface area contributed by atoms with Crippen LogP contribution in [0.1, 0.15) is 24.8 Å². The number of benzene rings is 1. The van der Waals surface area contributed by atoms with Gasteiger partial charge in [0, 0.05) is 11.8 Å². The topological polar surface area (TPSA) is 50.8 Å². The Hall–Kier alpha value is -2.19. The average Bonchev–Trinajstić information content (AvgIpc) is 2.57. The third-order valence-corrected chi connectivity index (χ3v) is 4.20. The highest BCUT2D eigenvalue weighted by atomic mass is 16.5. The van der Waals surface area contributed by atoms with Gasteiger partial charge in [0.2, 0.25) is 5.91 Å². The molecule has 0 aromatic heterocycles. The third kappa shape index (κ3) is 3.96. The summed E-state index contributed by atoms with van der Waals surface area (Å²) in [5.74, 6) is 3.86. The zero-order chi connectivity index (χ0) is 16.8. The molecule has 1 atom stereocenters. The molecule has 5 nitrogen and oxygen atoms in total. The van der Waals surface area contributed by atoms with Crippen molar-refractivity contribution < 1.29 is 14.3 Å².